The zero-order valence-corrected chi connectivity index (χ0v) is 14.1. The maximum Gasteiger partial charge on any atom is 0.253 e. The number of nitrogens with one attached hydrogen (secondary N) is 1. The quantitative estimate of drug-likeness (QED) is 0.534. The Bertz CT molecular complexity index is 777. The predicted molar refractivity (Wildman–Crippen MR) is 96.9 cm³/mol. The number of ether oxygens (including phenoxy) is 2. The lowest BCUT2D eigenvalue weighted by molar-refractivity contribution is 0.0341. The van der Waals surface area contributed by atoms with Gasteiger partial charge < -0.3 is 20.5 Å². The van der Waals surface area contributed by atoms with Gasteiger partial charge in [0.15, 0.2) is 0 Å². The Hall–Kier alpha value is -2.38. The van der Waals surface area contributed by atoms with Crippen LogP contribution in [0.25, 0.3) is 0 Å². The van der Waals surface area contributed by atoms with Crippen LogP contribution in [-0.4, -0.2) is 44.4 Å². The van der Waals surface area contributed by atoms with Crippen molar-refractivity contribution in [2.45, 2.75) is 13.0 Å². The summed E-state index contributed by atoms with van der Waals surface area (Å²) in [6, 6.07) is 8.08. The van der Waals surface area contributed by atoms with Crippen molar-refractivity contribution in [3.8, 4) is 5.75 Å². The van der Waals surface area contributed by atoms with Crippen molar-refractivity contribution in [3.63, 3.8) is 0 Å². The Labute approximate surface area is 146 Å². The van der Waals surface area contributed by atoms with Gasteiger partial charge in [0.05, 0.1) is 19.8 Å². The first kappa shape index (κ1) is 17.4. The normalized spacial score (nSPS) is 15.4. The molecule has 0 aromatic heterocycles. The highest BCUT2D eigenvalue weighted by molar-refractivity contribution is 5.71. The molecule has 2 aromatic carbocycles. The van der Waals surface area contributed by atoms with Crippen LogP contribution < -0.4 is 26.6 Å². The summed E-state index contributed by atoms with van der Waals surface area (Å²) in [4.78, 5) is 24.6. The van der Waals surface area contributed by atoms with E-state index in [1.807, 2.05) is 12.1 Å². The van der Waals surface area contributed by atoms with Crippen LogP contribution in [0.15, 0.2) is 33.9 Å². The van der Waals surface area contributed by atoms with E-state index in [0.717, 1.165) is 38.6 Å². The number of rotatable bonds is 8. The van der Waals surface area contributed by atoms with Gasteiger partial charge in [-0.05, 0) is 24.1 Å². The van der Waals surface area contributed by atoms with Gasteiger partial charge in [-0.2, -0.15) is 0 Å². The average molecular weight is 345 g/mol. The van der Waals surface area contributed by atoms with Crippen LogP contribution in [0, 0.1) is 0 Å². The molecule has 0 spiro atoms. The van der Waals surface area contributed by atoms with Crippen molar-refractivity contribution < 1.29 is 9.47 Å². The number of hydrogen-bond donors (Lipinski definition) is 2. The van der Waals surface area contributed by atoms with Gasteiger partial charge >= 0.3 is 0 Å². The van der Waals surface area contributed by atoms with Gasteiger partial charge in [0.1, 0.15) is 17.1 Å². The zero-order chi connectivity index (χ0) is 17.6. The number of anilines is 2. The number of benzene rings is 1. The maximum absolute atomic E-state index is 11.3. The standard InChI is InChI=1S/C18H23N3O4/c19-15-16(18(23)17(15)22)20-5-2-8-25-14-4-1-3-13(11-14)12-21-6-9-24-10-7-21/h1,3-4,11,20H,2,5-10,12,19H2. The smallest absolute Gasteiger partial charge is 0.253 e. The molecule has 1 aliphatic heterocycles. The van der Waals surface area contributed by atoms with Gasteiger partial charge in [-0.1, -0.05) is 12.1 Å². The van der Waals surface area contributed by atoms with Crippen LogP contribution in [0.3, 0.4) is 0 Å². The highest BCUT2D eigenvalue weighted by Crippen LogP contribution is 2.16. The fourth-order valence-electron chi connectivity index (χ4n) is 2.81. The van der Waals surface area contributed by atoms with E-state index in [2.05, 4.69) is 22.3 Å². The maximum atomic E-state index is 11.3. The van der Waals surface area contributed by atoms with Crippen LogP contribution in [0.2, 0.25) is 0 Å². The molecule has 1 heterocycles. The van der Waals surface area contributed by atoms with E-state index in [4.69, 9.17) is 15.2 Å². The van der Waals surface area contributed by atoms with Crippen LogP contribution >= 0.6 is 0 Å². The summed E-state index contributed by atoms with van der Waals surface area (Å²) in [5.74, 6) is 0.833. The molecule has 1 aliphatic rings. The largest absolute Gasteiger partial charge is 0.494 e. The van der Waals surface area contributed by atoms with Gasteiger partial charge in [-0.15, -0.1) is 0 Å². The van der Waals surface area contributed by atoms with Gasteiger partial charge in [0.2, 0.25) is 0 Å². The molecule has 3 N–H and O–H groups in total. The van der Waals surface area contributed by atoms with E-state index in [-0.39, 0.29) is 11.4 Å². The molecule has 7 nitrogen and oxygen atoms in total. The molecule has 0 bridgehead atoms. The summed E-state index contributed by atoms with van der Waals surface area (Å²) in [6.45, 7) is 5.43. The molecule has 134 valence electrons. The minimum atomic E-state index is -0.601. The Balaban J connectivity index is 1.40. The molecule has 0 amide bonds. The average Bonchev–Trinajstić information content (AvgIpc) is 2.65. The molecule has 25 heavy (non-hydrogen) atoms. The summed E-state index contributed by atoms with van der Waals surface area (Å²) in [7, 11) is 0. The van der Waals surface area contributed by atoms with Crippen molar-refractivity contribution in [3.05, 3.63) is 50.3 Å². The third-order valence-corrected chi connectivity index (χ3v) is 4.25. The molecular weight excluding hydrogens is 322 g/mol. The Kier molecular flexibility index (Phi) is 5.67. The summed E-state index contributed by atoms with van der Waals surface area (Å²) in [5.41, 5.74) is 5.81. The predicted octanol–water partition coefficient (Wildman–Crippen LogP) is 0.578. The molecule has 1 saturated heterocycles. The van der Waals surface area contributed by atoms with Gasteiger partial charge in [-0.3, -0.25) is 14.5 Å². The van der Waals surface area contributed by atoms with Gasteiger partial charge in [0.25, 0.3) is 10.9 Å². The summed E-state index contributed by atoms with van der Waals surface area (Å²) in [6.07, 6.45) is 0.700. The molecule has 3 rings (SSSR count). The number of nitrogens with two attached hydrogens (primary N) is 1. The van der Waals surface area contributed by atoms with E-state index in [1.54, 1.807) is 0 Å². The van der Waals surface area contributed by atoms with Crippen molar-refractivity contribution in [2.24, 2.45) is 0 Å². The molecule has 0 saturated carbocycles. The van der Waals surface area contributed by atoms with E-state index >= 15 is 0 Å². The van der Waals surface area contributed by atoms with Crippen molar-refractivity contribution in [2.75, 3.05) is 50.5 Å². The lowest BCUT2D eigenvalue weighted by Crippen LogP contribution is -2.37. The Morgan fingerprint density at radius 2 is 2.00 bits per heavy atom. The SMILES string of the molecule is Nc1c(NCCCOc2cccc(CN3CCOCC3)c2)c(=O)c1=O. The van der Waals surface area contributed by atoms with Gasteiger partial charge in [-0.25, -0.2) is 0 Å². The highest BCUT2D eigenvalue weighted by Gasteiger charge is 2.16. The van der Waals surface area contributed by atoms with E-state index in [1.165, 1.54) is 5.56 Å². The van der Waals surface area contributed by atoms with Crippen molar-refractivity contribution in [1.29, 1.82) is 0 Å². The lowest BCUT2D eigenvalue weighted by atomic mass is 10.2. The summed E-state index contributed by atoms with van der Waals surface area (Å²) >= 11 is 0. The van der Waals surface area contributed by atoms with Crippen LogP contribution in [0.5, 0.6) is 5.75 Å². The lowest BCUT2D eigenvalue weighted by Gasteiger charge is -2.26. The first-order chi connectivity index (χ1) is 12.1. The molecular formula is C18H23N3O4. The fraction of sp³-hybridized carbons (Fsp3) is 0.444. The monoisotopic (exact) mass is 345 g/mol. The molecule has 7 heteroatoms. The molecule has 1 fully saturated rings. The Morgan fingerprint density at radius 3 is 2.76 bits per heavy atom. The minimum absolute atomic E-state index is 0.0294. The first-order valence-corrected chi connectivity index (χ1v) is 8.49. The van der Waals surface area contributed by atoms with E-state index in [0.29, 0.717) is 19.6 Å². The second-order valence-corrected chi connectivity index (χ2v) is 6.11. The minimum Gasteiger partial charge on any atom is -0.494 e. The van der Waals surface area contributed by atoms with E-state index < -0.39 is 10.9 Å². The second-order valence-electron chi connectivity index (χ2n) is 6.11. The van der Waals surface area contributed by atoms with Gasteiger partial charge in [0, 0.05) is 26.2 Å². The van der Waals surface area contributed by atoms with Crippen LogP contribution in [0.4, 0.5) is 11.4 Å². The van der Waals surface area contributed by atoms with Crippen LogP contribution in [-0.2, 0) is 11.3 Å². The molecule has 0 aliphatic carbocycles. The van der Waals surface area contributed by atoms with Crippen LogP contribution in [0.1, 0.15) is 12.0 Å². The number of hydrogen-bond acceptors (Lipinski definition) is 7. The van der Waals surface area contributed by atoms with Crippen molar-refractivity contribution in [1.82, 2.24) is 4.90 Å². The number of nitrogens with zero attached hydrogens (tertiary/aromatic N) is 1. The topological polar surface area (TPSA) is 93.9 Å². The summed E-state index contributed by atoms with van der Waals surface area (Å²) in [5, 5.41) is 2.89. The first-order valence-electron chi connectivity index (χ1n) is 8.49. The third kappa shape index (κ3) is 4.37. The molecule has 0 unspecified atom stereocenters. The molecule has 0 atom stereocenters. The van der Waals surface area contributed by atoms with E-state index in [9.17, 15) is 9.59 Å². The second kappa shape index (κ2) is 8.13. The summed E-state index contributed by atoms with van der Waals surface area (Å²) < 4.78 is 11.1. The molecule has 0 radical (unpaired) electrons. The molecule has 2 aromatic rings. The van der Waals surface area contributed by atoms with Crippen molar-refractivity contribution >= 4 is 11.4 Å². The highest BCUT2D eigenvalue weighted by atomic mass is 16.5. The fourth-order valence-corrected chi connectivity index (χ4v) is 2.81. The third-order valence-electron chi connectivity index (χ3n) is 4.25. The number of morpholine rings is 1. The zero-order valence-electron chi connectivity index (χ0n) is 14.1. The Morgan fingerprint density at radius 1 is 1.20 bits per heavy atom. The number of nitrogen functional groups attached to an aromatic ring is 1.